The Kier molecular flexibility index (Phi) is 8.03. The summed E-state index contributed by atoms with van der Waals surface area (Å²) in [6.45, 7) is 3.78. The number of nitrogens with two attached hydrogens (primary N) is 1. The second-order valence-corrected chi connectivity index (χ2v) is 7.16. The number of amides is 2. The van der Waals surface area contributed by atoms with Crippen molar-refractivity contribution in [2.24, 2.45) is 5.73 Å². The Morgan fingerprint density at radius 2 is 1.64 bits per heavy atom. The molecule has 28 heavy (non-hydrogen) atoms. The van der Waals surface area contributed by atoms with E-state index in [1.807, 2.05) is 60.4 Å². The van der Waals surface area contributed by atoms with Crippen molar-refractivity contribution in [2.75, 3.05) is 18.4 Å². The fourth-order valence-corrected chi connectivity index (χ4v) is 3.28. The van der Waals surface area contributed by atoms with Gasteiger partial charge in [0.05, 0.1) is 0 Å². The van der Waals surface area contributed by atoms with Crippen LogP contribution in [0.1, 0.15) is 42.0 Å². The predicted octanol–water partition coefficient (Wildman–Crippen LogP) is 3.61. The van der Waals surface area contributed by atoms with Crippen molar-refractivity contribution in [1.29, 1.82) is 0 Å². The monoisotopic (exact) mass is 401 g/mol. The fourth-order valence-electron chi connectivity index (χ4n) is 3.28. The maximum Gasteiger partial charge on any atom is 0.245 e. The maximum absolute atomic E-state index is 12.4. The number of aryl methyl sites for hydroxylation is 2. The minimum absolute atomic E-state index is 0. The zero-order chi connectivity index (χ0) is 19.2. The van der Waals surface area contributed by atoms with Gasteiger partial charge in [-0.25, -0.2) is 0 Å². The molecule has 1 aliphatic rings. The highest BCUT2D eigenvalue weighted by molar-refractivity contribution is 5.95. The molecule has 0 aliphatic carbocycles. The van der Waals surface area contributed by atoms with E-state index >= 15 is 0 Å². The summed E-state index contributed by atoms with van der Waals surface area (Å²) in [4.78, 5) is 26.4. The smallest absolute Gasteiger partial charge is 0.245 e. The SMILES string of the molecule is Cc1ccc(C(N)C(=O)Nc2ccc(CCC(=O)N3CCCC3)cc2)cc1.Cl. The Bertz CT molecular complexity index is 784. The van der Waals surface area contributed by atoms with E-state index in [-0.39, 0.29) is 24.2 Å². The van der Waals surface area contributed by atoms with Gasteiger partial charge in [0.25, 0.3) is 0 Å². The summed E-state index contributed by atoms with van der Waals surface area (Å²) in [5.74, 6) is -0.00948. The molecule has 0 spiro atoms. The second-order valence-electron chi connectivity index (χ2n) is 7.16. The molecule has 2 amide bonds. The van der Waals surface area contributed by atoms with Crippen LogP contribution in [0.25, 0.3) is 0 Å². The number of hydrogen-bond donors (Lipinski definition) is 2. The number of hydrogen-bond acceptors (Lipinski definition) is 3. The topological polar surface area (TPSA) is 75.4 Å². The highest BCUT2D eigenvalue weighted by Crippen LogP contribution is 2.17. The average Bonchev–Trinajstić information content (AvgIpc) is 3.22. The number of anilines is 1. The summed E-state index contributed by atoms with van der Waals surface area (Å²) in [6, 6.07) is 14.5. The van der Waals surface area contributed by atoms with Gasteiger partial charge < -0.3 is 16.0 Å². The number of nitrogens with zero attached hydrogens (tertiary/aromatic N) is 1. The van der Waals surface area contributed by atoms with Crippen molar-refractivity contribution < 1.29 is 9.59 Å². The fraction of sp³-hybridized carbons (Fsp3) is 0.364. The number of nitrogens with one attached hydrogen (secondary N) is 1. The molecule has 0 bridgehead atoms. The van der Waals surface area contributed by atoms with Crippen molar-refractivity contribution in [3.63, 3.8) is 0 Å². The number of halogens is 1. The number of benzene rings is 2. The molecule has 1 saturated heterocycles. The van der Waals surface area contributed by atoms with Crippen molar-refractivity contribution in [1.82, 2.24) is 4.90 Å². The highest BCUT2D eigenvalue weighted by Gasteiger charge is 2.18. The summed E-state index contributed by atoms with van der Waals surface area (Å²) in [7, 11) is 0. The molecule has 1 heterocycles. The van der Waals surface area contributed by atoms with Crippen LogP contribution >= 0.6 is 12.4 Å². The Morgan fingerprint density at radius 1 is 1.04 bits per heavy atom. The van der Waals surface area contributed by atoms with Gasteiger partial charge in [0.1, 0.15) is 6.04 Å². The van der Waals surface area contributed by atoms with Gasteiger partial charge in [-0.05, 0) is 49.4 Å². The van der Waals surface area contributed by atoms with Crippen LogP contribution in [-0.4, -0.2) is 29.8 Å². The van der Waals surface area contributed by atoms with Crippen molar-refractivity contribution in [3.05, 3.63) is 65.2 Å². The molecule has 150 valence electrons. The lowest BCUT2D eigenvalue weighted by atomic mass is 10.0. The Labute approximate surface area is 172 Å². The van der Waals surface area contributed by atoms with Gasteiger partial charge >= 0.3 is 0 Å². The quantitative estimate of drug-likeness (QED) is 0.776. The minimum Gasteiger partial charge on any atom is -0.343 e. The molecule has 2 aromatic rings. The largest absolute Gasteiger partial charge is 0.343 e. The van der Waals surface area contributed by atoms with Crippen molar-refractivity contribution >= 4 is 29.9 Å². The van der Waals surface area contributed by atoms with Gasteiger partial charge in [0.2, 0.25) is 11.8 Å². The predicted molar refractivity (Wildman–Crippen MR) is 115 cm³/mol. The zero-order valence-corrected chi connectivity index (χ0v) is 17.0. The number of rotatable bonds is 6. The molecule has 1 unspecified atom stereocenters. The highest BCUT2D eigenvalue weighted by atomic mass is 35.5. The van der Waals surface area contributed by atoms with E-state index in [0.29, 0.717) is 18.5 Å². The van der Waals surface area contributed by atoms with E-state index in [0.717, 1.165) is 42.6 Å². The number of carbonyl (C=O) groups excluding carboxylic acids is 2. The van der Waals surface area contributed by atoms with Crippen molar-refractivity contribution in [2.45, 2.75) is 38.6 Å². The molecular formula is C22H28ClN3O2. The molecule has 1 atom stereocenters. The molecule has 3 rings (SSSR count). The van der Waals surface area contributed by atoms with E-state index in [4.69, 9.17) is 5.73 Å². The van der Waals surface area contributed by atoms with Crippen LogP contribution in [0, 0.1) is 6.92 Å². The Morgan fingerprint density at radius 3 is 2.25 bits per heavy atom. The van der Waals surface area contributed by atoms with Gasteiger partial charge in [-0.15, -0.1) is 12.4 Å². The molecule has 5 nitrogen and oxygen atoms in total. The number of likely N-dealkylation sites (tertiary alicyclic amines) is 1. The molecule has 0 saturated carbocycles. The Hall–Kier alpha value is -2.37. The van der Waals surface area contributed by atoms with Crippen LogP contribution in [0.3, 0.4) is 0 Å². The lowest BCUT2D eigenvalue weighted by molar-refractivity contribution is -0.130. The van der Waals surface area contributed by atoms with Crippen LogP contribution in [0.2, 0.25) is 0 Å². The van der Waals surface area contributed by atoms with Crippen LogP contribution in [0.15, 0.2) is 48.5 Å². The molecule has 2 aromatic carbocycles. The molecule has 0 aromatic heterocycles. The summed E-state index contributed by atoms with van der Waals surface area (Å²) < 4.78 is 0. The zero-order valence-electron chi connectivity index (χ0n) is 16.2. The van der Waals surface area contributed by atoms with E-state index in [1.54, 1.807) is 0 Å². The third-order valence-corrected chi connectivity index (χ3v) is 5.03. The standard InChI is InChI=1S/C22H27N3O2.ClH/c1-16-4-9-18(10-5-16)21(23)22(27)24-19-11-6-17(7-12-19)8-13-20(26)25-14-2-3-15-25;/h4-7,9-12,21H,2-3,8,13-15,23H2,1H3,(H,24,27);1H. The van der Waals surface area contributed by atoms with Gasteiger partial charge in [-0.3, -0.25) is 9.59 Å². The van der Waals surface area contributed by atoms with Gasteiger partial charge in [0, 0.05) is 25.2 Å². The summed E-state index contributed by atoms with van der Waals surface area (Å²) >= 11 is 0. The summed E-state index contributed by atoms with van der Waals surface area (Å²) in [6.07, 6.45) is 3.48. The van der Waals surface area contributed by atoms with E-state index in [2.05, 4.69) is 5.32 Å². The van der Waals surface area contributed by atoms with Gasteiger partial charge in [-0.2, -0.15) is 0 Å². The van der Waals surface area contributed by atoms with Crippen LogP contribution in [0.5, 0.6) is 0 Å². The van der Waals surface area contributed by atoms with Gasteiger partial charge in [-0.1, -0.05) is 42.0 Å². The van der Waals surface area contributed by atoms with E-state index in [9.17, 15) is 9.59 Å². The molecule has 1 fully saturated rings. The summed E-state index contributed by atoms with van der Waals surface area (Å²) in [5.41, 5.74) is 9.76. The normalized spacial score (nSPS) is 14.3. The number of carbonyl (C=O) groups is 2. The Balaban J connectivity index is 0.00000280. The van der Waals surface area contributed by atoms with E-state index < -0.39 is 6.04 Å². The molecule has 0 radical (unpaired) electrons. The minimum atomic E-state index is -0.705. The first-order valence-corrected chi connectivity index (χ1v) is 9.52. The average molecular weight is 402 g/mol. The second kappa shape index (κ2) is 10.2. The summed E-state index contributed by atoms with van der Waals surface area (Å²) in [5, 5.41) is 2.85. The third-order valence-electron chi connectivity index (χ3n) is 5.03. The van der Waals surface area contributed by atoms with Crippen molar-refractivity contribution in [3.8, 4) is 0 Å². The van der Waals surface area contributed by atoms with Crippen LogP contribution < -0.4 is 11.1 Å². The first-order valence-electron chi connectivity index (χ1n) is 9.52. The van der Waals surface area contributed by atoms with Crippen LogP contribution in [-0.2, 0) is 16.0 Å². The molecule has 6 heteroatoms. The maximum atomic E-state index is 12.4. The molecular weight excluding hydrogens is 374 g/mol. The van der Waals surface area contributed by atoms with E-state index in [1.165, 1.54) is 0 Å². The lowest BCUT2D eigenvalue weighted by Crippen LogP contribution is -2.28. The lowest BCUT2D eigenvalue weighted by Gasteiger charge is -2.15. The first kappa shape index (κ1) is 21.9. The van der Waals surface area contributed by atoms with Gasteiger partial charge in [0.15, 0.2) is 0 Å². The molecule has 3 N–H and O–H groups in total. The third kappa shape index (κ3) is 5.81. The van der Waals surface area contributed by atoms with Crippen LogP contribution in [0.4, 0.5) is 5.69 Å². The molecule has 1 aliphatic heterocycles. The first-order chi connectivity index (χ1) is 13.0.